The number of nitrogens with zero attached hydrogens (tertiary/aromatic N) is 3. The van der Waals surface area contributed by atoms with E-state index in [0.29, 0.717) is 32.2 Å². The number of likely N-dealkylation sites (tertiary alicyclic amines) is 1. The second kappa shape index (κ2) is 6.18. The Balaban J connectivity index is 1.25. The van der Waals surface area contributed by atoms with Crippen molar-refractivity contribution in [3.63, 3.8) is 0 Å². The lowest BCUT2D eigenvalue weighted by atomic mass is 9.85. The number of fused-ring (bicyclic) bond motifs is 3. The van der Waals surface area contributed by atoms with Crippen LogP contribution in [0.5, 0.6) is 11.5 Å². The Morgan fingerprint density at radius 1 is 1.07 bits per heavy atom. The number of anilines is 1. The molecule has 4 fully saturated rings. The molecule has 2 bridgehead atoms. The number of sulfone groups is 1. The molecule has 1 aromatic carbocycles. The second-order valence-electron chi connectivity index (χ2n) is 9.52. The topological polar surface area (TPSA) is 79.4 Å². The number of carbonyl (C=O) groups excluding carboxylic acids is 1. The Labute approximate surface area is 176 Å². The lowest BCUT2D eigenvalue weighted by Crippen LogP contribution is -2.53. The molecule has 0 aromatic heterocycles. The molecule has 0 spiro atoms. The smallest absolute Gasteiger partial charge is 0.320 e. The first-order chi connectivity index (χ1) is 14.4. The summed E-state index contributed by atoms with van der Waals surface area (Å²) in [7, 11) is -3.00. The number of rotatable bonds is 1. The number of benzene rings is 1. The van der Waals surface area contributed by atoms with Crippen molar-refractivity contribution in [2.45, 2.75) is 25.4 Å². The van der Waals surface area contributed by atoms with Crippen LogP contribution in [-0.2, 0) is 9.84 Å². The monoisotopic (exact) mass is 433 g/mol. The first-order valence-electron chi connectivity index (χ1n) is 10.8. The molecule has 6 rings (SSSR count). The van der Waals surface area contributed by atoms with Gasteiger partial charge in [0.2, 0.25) is 0 Å². The van der Waals surface area contributed by atoms with E-state index in [9.17, 15) is 13.2 Å². The lowest BCUT2D eigenvalue weighted by Gasteiger charge is -2.41. The molecule has 4 atom stereocenters. The van der Waals surface area contributed by atoms with Gasteiger partial charge in [-0.05, 0) is 24.5 Å². The van der Waals surface area contributed by atoms with Crippen LogP contribution in [0.2, 0.25) is 0 Å². The Morgan fingerprint density at radius 2 is 1.80 bits per heavy atom. The SMILES string of the molecule is CC12C[C@@H]3CN(C(=O)N4CCS(=O)(=O)CC4)C1C2N(c1ccc2c(c1)OCCO2)C3. The number of carbonyl (C=O) groups is 1. The van der Waals surface area contributed by atoms with Crippen molar-refractivity contribution in [3.8, 4) is 11.5 Å². The highest BCUT2D eigenvalue weighted by Gasteiger charge is 2.72. The first-order valence-corrected chi connectivity index (χ1v) is 12.6. The molecule has 162 valence electrons. The van der Waals surface area contributed by atoms with Gasteiger partial charge in [0.15, 0.2) is 21.3 Å². The van der Waals surface area contributed by atoms with Crippen molar-refractivity contribution in [2.75, 3.05) is 55.8 Å². The minimum atomic E-state index is -3.00. The maximum Gasteiger partial charge on any atom is 0.320 e. The van der Waals surface area contributed by atoms with E-state index in [2.05, 4.69) is 24.0 Å². The van der Waals surface area contributed by atoms with Crippen molar-refractivity contribution < 1.29 is 22.7 Å². The van der Waals surface area contributed by atoms with E-state index < -0.39 is 9.84 Å². The summed E-state index contributed by atoms with van der Waals surface area (Å²) < 4.78 is 35.0. The van der Waals surface area contributed by atoms with Crippen LogP contribution in [0, 0.1) is 11.3 Å². The molecule has 30 heavy (non-hydrogen) atoms. The van der Waals surface area contributed by atoms with Crippen LogP contribution in [0.1, 0.15) is 13.3 Å². The van der Waals surface area contributed by atoms with Gasteiger partial charge in [-0.2, -0.15) is 0 Å². The molecule has 3 saturated heterocycles. The van der Waals surface area contributed by atoms with Crippen molar-refractivity contribution >= 4 is 21.6 Å². The van der Waals surface area contributed by atoms with Crippen LogP contribution < -0.4 is 14.4 Å². The second-order valence-corrected chi connectivity index (χ2v) is 11.8. The molecule has 9 heteroatoms. The van der Waals surface area contributed by atoms with Crippen LogP contribution >= 0.6 is 0 Å². The molecule has 1 aliphatic carbocycles. The molecule has 0 N–H and O–H groups in total. The zero-order chi connectivity index (χ0) is 20.7. The minimum Gasteiger partial charge on any atom is -0.486 e. The van der Waals surface area contributed by atoms with Crippen LogP contribution in [0.15, 0.2) is 18.2 Å². The molecular formula is C21H27N3O5S. The summed E-state index contributed by atoms with van der Waals surface area (Å²) in [6.45, 7) is 5.73. The van der Waals surface area contributed by atoms with Crippen LogP contribution in [0.3, 0.4) is 0 Å². The van der Waals surface area contributed by atoms with Crippen molar-refractivity contribution in [2.24, 2.45) is 11.3 Å². The summed E-state index contributed by atoms with van der Waals surface area (Å²) in [6.07, 6.45) is 1.14. The third-order valence-electron chi connectivity index (χ3n) is 7.57. The quantitative estimate of drug-likeness (QED) is 0.662. The van der Waals surface area contributed by atoms with Gasteiger partial charge in [0.05, 0.1) is 23.6 Å². The van der Waals surface area contributed by atoms with E-state index in [1.54, 1.807) is 4.90 Å². The molecule has 2 amide bonds. The summed E-state index contributed by atoms with van der Waals surface area (Å²) in [5.74, 6) is 2.15. The van der Waals surface area contributed by atoms with Gasteiger partial charge in [0.25, 0.3) is 0 Å². The summed E-state index contributed by atoms with van der Waals surface area (Å²) in [6, 6.07) is 6.62. The summed E-state index contributed by atoms with van der Waals surface area (Å²) in [4.78, 5) is 19.5. The van der Waals surface area contributed by atoms with E-state index in [4.69, 9.17) is 9.47 Å². The van der Waals surface area contributed by atoms with E-state index in [1.807, 2.05) is 11.0 Å². The van der Waals surface area contributed by atoms with Gasteiger partial charge < -0.3 is 24.2 Å². The van der Waals surface area contributed by atoms with Crippen molar-refractivity contribution in [3.05, 3.63) is 18.2 Å². The minimum absolute atomic E-state index is 0.0114. The molecule has 4 heterocycles. The number of hydrogen-bond donors (Lipinski definition) is 0. The van der Waals surface area contributed by atoms with Gasteiger partial charge in [-0.3, -0.25) is 0 Å². The highest BCUT2D eigenvalue weighted by atomic mass is 32.2. The predicted octanol–water partition coefficient (Wildman–Crippen LogP) is 1.21. The fraction of sp³-hybridized carbons (Fsp3) is 0.667. The molecule has 4 aliphatic heterocycles. The molecule has 8 nitrogen and oxygen atoms in total. The van der Waals surface area contributed by atoms with E-state index >= 15 is 0 Å². The summed E-state index contributed by atoms with van der Waals surface area (Å²) in [5, 5.41) is 0. The van der Waals surface area contributed by atoms with Crippen molar-refractivity contribution in [1.29, 1.82) is 0 Å². The molecule has 1 saturated carbocycles. The Bertz CT molecular complexity index is 1000. The largest absolute Gasteiger partial charge is 0.486 e. The van der Waals surface area contributed by atoms with E-state index in [-0.39, 0.29) is 35.0 Å². The maximum atomic E-state index is 13.3. The fourth-order valence-electron chi connectivity index (χ4n) is 6.16. The molecule has 1 aromatic rings. The summed E-state index contributed by atoms with van der Waals surface area (Å²) in [5.41, 5.74) is 1.22. The molecular weight excluding hydrogens is 406 g/mol. The predicted molar refractivity (Wildman–Crippen MR) is 111 cm³/mol. The standard InChI is InChI=1S/C21H27N3O5S/c1-21-11-14-12-23(15-2-3-16-17(10-15)29-7-6-28-16)18(21)19(21)24(13-14)20(25)22-4-8-30(26,27)9-5-22/h2-3,10,14,18-19H,4-9,11-13H2,1H3/t14-,18?,19?,21?/m0/s1. The number of amides is 2. The average Bonchev–Trinajstić information content (AvgIpc) is 3.42. The molecule has 3 unspecified atom stereocenters. The van der Waals surface area contributed by atoms with Gasteiger partial charge in [-0.1, -0.05) is 6.92 Å². The van der Waals surface area contributed by atoms with Crippen LogP contribution in [-0.4, -0.2) is 87.2 Å². The molecule has 0 radical (unpaired) electrons. The number of piperidine rings is 2. The van der Waals surface area contributed by atoms with Gasteiger partial charge in [0, 0.05) is 43.3 Å². The van der Waals surface area contributed by atoms with Crippen LogP contribution in [0.4, 0.5) is 10.5 Å². The van der Waals surface area contributed by atoms with Crippen LogP contribution in [0.25, 0.3) is 0 Å². The van der Waals surface area contributed by atoms with Gasteiger partial charge >= 0.3 is 6.03 Å². The normalized spacial score (nSPS) is 35.8. The number of urea groups is 1. The van der Waals surface area contributed by atoms with Crippen molar-refractivity contribution in [1.82, 2.24) is 9.80 Å². The Hall–Kier alpha value is -2.16. The maximum absolute atomic E-state index is 13.3. The zero-order valence-corrected chi connectivity index (χ0v) is 17.9. The zero-order valence-electron chi connectivity index (χ0n) is 17.1. The summed E-state index contributed by atoms with van der Waals surface area (Å²) >= 11 is 0. The fourth-order valence-corrected chi connectivity index (χ4v) is 7.36. The highest BCUT2D eigenvalue weighted by Crippen LogP contribution is 2.63. The number of hydrogen-bond acceptors (Lipinski definition) is 6. The van der Waals surface area contributed by atoms with Gasteiger partial charge in [-0.15, -0.1) is 0 Å². The van der Waals surface area contributed by atoms with Gasteiger partial charge in [-0.25, -0.2) is 13.2 Å². The molecule has 5 aliphatic rings. The number of ether oxygens (including phenoxy) is 2. The third kappa shape index (κ3) is 2.70. The average molecular weight is 434 g/mol. The van der Waals surface area contributed by atoms with E-state index in [1.165, 1.54) is 0 Å². The van der Waals surface area contributed by atoms with E-state index in [0.717, 1.165) is 36.7 Å². The first kappa shape index (κ1) is 18.6. The Morgan fingerprint density at radius 3 is 2.57 bits per heavy atom. The third-order valence-corrected chi connectivity index (χ3v) is 9.18. The van der Waals surface area contributed by atoms with Gasteiger partial charge in [0.1, 0.15) is 13.2 Å². The lowest BCUT2D eigenvalue weighted by molar-refractivity contribution is 0.112. The Kier molecular flexibility index (Phi) is 3.83. The highest BCUT2D eigenvalue weighted by molar-refractivity contribution is 7.91.